The van der Waals surface area contributed by atoms with Crippen molar-refractivity contribution in [1.82, 2.24) is 20.9 Å². The fourth-order valence-electron chi connectivity index (χ4n) is 2.75. The summed E-state index contributed by atoms with van der Waals surface area (Å²) in [5, 5.41) is 7.28. The number of esters is 1. The van der Waals surface area contributed by atoms with Crippen LogP contribution in [0.4, 0.5) is 4.39 Å². The van der Waals surface area contributed by atoms with Gasteiger partial charge in [0.15, 0.2) is 0 Å². The molecule has 176 valence electrons. The van der Waals surface area contributed by atoms with Gasteiger partial charge in [-0.3, -0.25) is 14.4 Å². The van der Waals surface area contributed by atoms with Crippen LogP contribution in [0.25, 0.3) is 0 Å². The maximum Gasteiger partial charge on any atom is 0.333 e. The molecule has 1 aromatic heterocycles. The van der Waals surface area contributed by atoms with Gasteiger partial charge in [-0.2, -0.15) is 12.6 Å². The van der Waals surface area contributed by atoms with Crippen molar-refractivity contribution in [3.63, 3.8) is 0 Å². The first-order chi connectivity index (χ1) is 15.8. The van der Waals surface area contributed by atoms with Gasteiger partial charge in [0.05, 0.1) is 18.7 Å². The summed E-state index contributed by atoms with van der Waals surface area (Å²) in [4.78, 5) is 54.1. The molecule has 2 heterocycles. The number of fused-ring (bicyclic) bond motifs is 2. The number of halogens is 1. The highest BCUT2D eigenvalue weighted by Crippen LogP contribution is 2.10. The molecule has 11 heteroatoms. The van der Waals surface area contributed by atoms with Crippen LogP contribution >= 0.6 is 12.6 Å². The molecule has 0 spiro atoms. The molecular weight excluding hydrogens is 451 g/mol. The van der Waals surface area contributed by atoms with Crippen molar-refractivity contribution >= 4 is 36.3 Å². The average molecular weight is 477 g/mol. The molecule has 33 heavy (non-hydrogen) atoms. The Kier molecular flexibility index (Phi) is 9.80. The van der Waals surface area contributed by atoms with Gasteiger partial charge < -0.3 is 20.7 Å². The van der Waals surface area contributed by atoms with Crippen LogP contribution in [0.1, 0.15) is 35.9 Å². The Morgan fingerprint density at radius 1 is 1.27 bits per heavy atom. The van der Waals surface area contributed by atoms with Gasteiger partial charge in [0.25, 0.3) is 11.8 Å². The van der Waals surface area contributed by atoms with E-state index in [1.54, 1.807) is 6.08 Å². The number of carbonyl (C=O) groups is 4. The Morgan fingerprint density at radius 3 is 2.70 bits per heavy atom. The topological polar surface area (TPSA) is 126 Å². The first-order valence-electron chi connectivity index (χ1n) is 10.1. The van der Waals surface area contributed by atoms with Crippen LogP contribution in [-0.4, -0.2) is 46.6 Å². The molecule has 0 unspecified atom stereocenters. The lowest BCUT2D eigenvalue weighted by Crippen LogP contribution is -2.45. The van der Waals surface area contributed by atoms with E-state index in [9.17, 15) is 23.6 Å². The molecule has 0 saturated carbocycles. The van der Waals surface area contributed by atoms with Crippen molar-refractivity contribution < 1.29 is 28.3 Å². The van der Waals surface area contributed by atoms with Gasteiger partial charge in [0, 0.05) is 0 Å². The summed E-state index contributed by atoms with van der Waals surface area (Å²) in [6, 6.07) is 0.952. The summed E-state index contributed by atoms with van der Waals surface area (Å²) in [5.41, 5.74) is -0.481. The number of amides is 3. The Morgan fingerprint density at radius 2 is 2.03 bits per heavy atom. The number of rotatable bonds is 4. The largest absolute Gasteiger partial charge is 0.456 e. The summed E-state index contributed by atoms with van der Waals surface area (Å²) in [6.45, 7) is 4.75. The summed E-state index contributed by atoms with van der Waals surface area (Å²) in [5.74, 6) is -3.11. The quantitative estimate of drug-likeness (QED) is 0.225. The van der Waals surface area contributed by atoms with Crippen LogP contribution in [0.5, 0.6) is 0 Å². The summed E-state index contributed by atoms with van der Waals surface area (Å²) < 4.78 is 19.5. The number of allylic oxidation sites excluding steroid dienone is 2. The third-order valence-corrected chi connectivity index (χ3v) is 4.72. The van der Waals surface area contributed by atoms with Crippen molar-refractivity contribution in [2.24, 2.45) is 0 Å². The van der Waals surface area contributed by atoms with Crippen molar-refractivity contribution in [3.05, 3.63) is 65.9 Å². The number of aromatic nitrogens is 1. The van der Waals surface area contributed by atoms with E-state index in [1.165, 1.54) is 25.2 Å². The van der Waals surface area contributed by atoms with E-state index >= 15 is 0 Å². The standard InChI is InChI=1S/C22H25FN4O5S/c1-3-15-20(29)27-16(4-2)22(31)32-13(7-5-6-10-33)11-19(28)24-12-18-14(23)8-9-17(25-18)21(30)26-15/h3-5,7-9,13,16,33H,2,6,10-12H2,1H3,(H,24,28)(H,26,30)(H,27,29)/b7-5+,15-3-/t13-,16+/m1/s1. The zero-order valence-electron chi connectivity index (χ0n) is 18.0. The number of carbonyl (C=O) groups excluding carboxylic acids is 4. The van der Waals surface area contributed by atoms with E-state index in [4.69, 9.17) is 4.74 Å². The molecule has 1 aromatic rings. The Balaban J connectivity index is 2.41. The highest BCUT2D eigenvalue weighted by molar-refractivity contribution is 7.80. The molecular formula is C22H25FN4O5S. The second-order valence-electron chi connectivity index (χ2n) is 6.86. The lowest BCUT2D eigenvalue weighted by molar-refractivity contribution is -0.150. The molecule has 0 saturated heterocycles. The molecule has 0 aliphatic carbocycles. The Labute approximate surface area is 196 Å². The Hall–Kier alpha value is -3.47. The smallest absolute Gasteiger partial charge is 0.333 e. The van der Waals surface area contributed by atoms with Gasteiger partial charge in [-0.15, -0.1) is 6.58 Å². The van der Waals surface area contributed by atoms with E-state index in [2.05, 4.69) is 40.1 Å². The summed E-state index contributed by atoms with van der Waals surface area (Å²) in [7, 11) is 0. The van der Waals surface area contributed by atoms with Crippen LogP contribution in [-0.2, 0) is 25.7 Å². The van der Waals surface area contributed by atoms with E-state index in [0.717, 1.165) is 12.1 Å². The lowest BCUT2D eigenvalue weighted by Gasteiger charge is -2.20. The number of nitrogens with one attached hydrogen (secondary N) is 3. The summed E-state index contributed by atoms with van der Waals surface area (Å²) >= 11 is 4.10. The summed E-state index contributed by atoms with van der Waals surface area (Å²) in [6.07, 6.45) is 5.11. The van der Waals surface area contributed by atoms with E-state index in [-0.39, 0.29) is 30.1 Å². The molecule has 0 fully saturated rings. The number of hydrogen-bond donors (Lipinski definition) is 4. The second kappa shape index (κ2) is 12.5. The molecule has 1 aliphatic heterocycles. The van der Waals surface area contributed by atoms with Crippen molar-refractivity contribution in [3.8, 4) is 0 Å². The molecule has 9 nitrogen and oxygen atoms in total. The van der Waals surface area contributed by atoms with Crippen LogP contribution < -0.4 is 16.0 Å². The van der Waals surface area contributed by atoms with Crippen LogP contribution in [0.15, 0.2) is 48.7 Å². The van der Waals surface area contributed by atoms with Gasteiger partial charge >= 0.3 is 5.97 Å². The van der Waals surface area contributed by atoms with E-state index in [1.807, 2.05) is 0 Å². The fourth-order valence-corrected chi connectivity index (χ4v) is 2.89. The third kappa shape index (κ3) is 7.56. The molecule has 1 aliphatic rings. The van der Waals surface area contributed by atoms with Crippen molar-refractivity contribution in [1.29, 1.82) is 0 Å². The van der Waals surface area contributed by atoms with Gasteiger partial charge in [0.2, 0.25) is 5.91 Å². The minimum atomic E-state index is -1.24. The predicted octanol–water partition coefficient (Wildman–Crippen LogP) is 1.33. The third-order valence-electron chi connectivity index (χ3n) is 4.46. The number of cyclic esters (lactones) is 1. The number of nitrogens with zero attached hydrogens (tertiary/aromatic N) is 1. The van der Waals surface area contributed by atoms with E-state index < -0.39 is 41.7 Å². The minimum Gasteiger partial charge on any atom is -0.456 e. The molecule has 2 bridgehead atoms. The molecule has 2 rings (SSSR count). The predicted molar refractivity (Wildman–Crippen MR) is 121 cm³/mol. The molecule has 2 atom stereocenters. The minimum absolute atomic E-state index is 0.155. The Bertz CT molecular complexity index is 995. The first-order valence-corrected chi connectivity index (χ1v) is 10.7. The molecule has 3 amide bonds. The fraction of sp³-hybridized carbons (Fsp3) is 0.318. The first kappa shape index (κ1) is 25.8. The van der Waals surface area contributed by atoms with Crippen LogP contribution in [0.2, 0.25) is 0 Å². The van der Waals surface area contributed by atoms with Gasteiger partial charge in [0.1, 0.15) is 29.4 Å². The van der Waals surface area contributed by atoms with Gasteiger partial charge in [-0.05, 0) is 37.3 Å². The van der Waals surface area contributed by atoms with Gasteiger partial charge in [-0.1, -0.05) is 18.2 Å². The monoisotopic (exact) mass is 476 g/mol. The number of thiol groups is 1. The SMILES string of the molecule is C=C[C@@H]1NC(=O)/C(=C/C)NC(=O)c2ccc(F)c(n2)CNC(=O)C[C@@H](/C=C/CCS)OC1=O. The lowest BCUT2D eigenvalue weighted by atomic mass is 10.2. The van der Waals surface area contributed by atoms with Crippen molar-refractivity contribution in [2.75, 3.05) is 5.75 Å². The van der Waals surface area contributed by atoms with Gasteiger partial charge in [-0.25, -0.2) is 14.2 Å². The number of hydrogen-bond acceptors (Lipinski definition) is 7. The zero-order chi connectivity index (χ0) is 24.4. The maximum atomic E-state index is 14.2. The number of pyridine rings is 1. The van der Waals surface area contributed by atoms with Crippen LogP contribution in [0, 0.1) is 5.82 Å². The van der Waals surface area contributed by atoms with Crippen LogP contribution in [0.3, 0.4) is 0 Å². The highest BCUT2D eigenvalue weighted by atomic mass is 32.1. The molecule has 0 radical (unpaired) electrons. The zero-order valence-corrected chi connectivity index (χ0v) is 18.9. The highest BCUT2D eigenvalue weighted by Gasteiger charge is 2.26. The number of ether oxygens (including phenoxy) is 1. The van der Waals surface area contributed by atoms with E-state index in [0.29, 0.717) is 12.2 Å². The average Bonchev–Trinajstić information content (AvgIpc) is 2.79. The van der Waals surface area contributed by atoms with Crippen molar-refractivity contribution in [2.45, 2.75) is 38.5 Å². The maximum absolute atomic E-state index is 14.2. The molecule has 0 aromatic carbocycles. The normalized spacial score (nSPS) is 21.8. The molecule has 3 N–H and O–H groups in total. The second-order valence-corrected chi connectivity index (χ2v) is 7.31.